The molecule has 0 saturated carbocycles. The highest BCUT2D eigenvalue weighted by molar-refractivity contribution is 7.25. The maximum absolute atomic E-state index is 12.9. The molecule has 3 heterocycles. The average Bonchev–Trinajstić information content (AvgIpc) is 3.03. The molecule has 130 valence electrons. The van der Waals surface area contributed by atoms with E-state index >= 15 is 0 Å². The van der Waals surface area contributed by atoms with E-state index < -0.39 is 6.04 Å². The summed E-state index contributed by atoms with van der Waals surface area (Å²) in [5.74, 6) is -0.347. The number of hydrogen-bond acceptors (Lipinski definition) is 5. The van der Waals surface area contributed by atoms with Crippen LogP contribution in [0, 0.1) is 0 Å². The Morgan fingerprint density at radius 3 is 2.85 bits per heavy atom. The molecule has 0 aliphatic rings. The summed E-state index contributed by atoms with van der Waals surface area (Å²) in [6.45, 7) is 1.65. The van der Waals surface area contributed by atoms with Crippen LogP contribution in [0.5, 0.6) is 0 Å². The third kappa shape index (κ3) is 2.75. The molecular weight excluding hydrogens is 372 g/mol. The Morgan fingerprint density at radius 2 is 2.04 bits per heavy atom. The first-order chi connectivity index (χ1) is 12.6. The summed E-state index contributed by atoms with van der Waals surface area (Å²) in [4.78, 5) is 34.8. The Labute approximate surface area is 157 Å². The number of benzene rings is 1. The van der Waals surface area contributed by atoms with Crippen molar-refractivity contribution in [1.82, 2.24) is 14.5 Å². The third-order valence-corrected chi connectivity index (χ3v) is 5.53. The molecular formula is C18H13ClN4O2S. The third-order valence-electron chi connectivity index (χ3n) is 4.11. The zero-order valence-electron chi connectivity index (χ0n) is 13.6. The molecule has 0 unspecified atom stereocenters. The fourth-order valence-corrected chi connectivity index (χ4v) is 3.90. The molecule has 8 heteroatoms. The van der Waals surface area contributed by atoms with Crippen molar-refractivity contribution in [2.45, 2.75) is 13.0 Å². The van der Waals surface area contributed by atoms with Gasteiger partial charge in [0.1, 0.15) is 15.6 Å². The first-order valence-corrected chi connectivity index (χ1v) is 9.05. The molecule has 26 heavy (non-hydrogen) atoms. The van der Waals surface area contributed by atoms with Crippen LogP contribution in [0.2, 0.25) is 5.02 Å². The smallest absolute Gasteiger partial charge is 0.272 e. The van der Waals surface area contributed by atoms with Gasteiger partial charge in [-0.25, -0.2) is 9.97 Å². The summed E-state index contributed by atoms with van der Waals surface area (Å²) in [7, 11) is 0. The lowest BCUT2D eigenvalue weighted by Gasteiger charge is -2.15. The minimum atomic E-state index is -0.742. The summed E-state index contributed by atoms with van der Waals surface area (Å²) in [6, 6.07) is 9.89. The van der Waals surface area contributed by atoms with Gasteiger partial charge in [-0.2, -0.15) is 0 Å². The van der Waals surface area contributed by atoms with Crippen LogP contribution in [0.1, 0.15) is 13.0 Å². The van der Waals surface area contributed by atoms with E-state index in [9.17, 15) is 9.59 Å². The molecule has 0 bridgehead atoms. The summed E-state index contributed by atoms with van der Waals surface area (Å²) >= 11 is 7.35. The van der Waals surface area contributed by atoms with Crippen LogP contribution in [0.25, 0.3) is 20.4 Å². The second-order valence-corrected chi connectivity index (χ2v) is 7.14. The number of nitrogens with zero attached hydrogens (tertiary/aromatic N) is 3. The number of pyridine rings is 1. The topological polar surface area (TPSA) is 76.9 Å². The molecule has 0 spiro atoms. The highest BCUT2D eigenvalue weighted by Crippen LogP contribution is 2.28. The predicted octanol–water partition coefficient (Wildman–Crippen LogP) is 3.86. The van der Waals surface area contributed by atoms with Crippen LogP contribution in [-0.2, 0) is 4.79 Å². The lowest BCUT2D eigenvalue weighted by atomic mass is 10.2. The number of fused-ring (bicyclic) bond motifs is 3. The first-order valence-electron chi connectivity index (χ1n) is 7.86. The molecule has 6 nitrogen and oxygen atoms in total. The quantitative estimate of drug-likeness (QED) is 0.581. The van der Waals surface area contributed by atoms with Gasteiger partial charge in [-0.05, 0) is 31.2 Å². The highest BCUT2D eigenvalue weighted by atomic mass is 35.5. The average molecular weight is 385 g/mol. The maximum Gasteiger partial charge on any atom is 0.272 e. The van der Waals surface area contributed by atoms with Gasteiger partial charge in [0.2, 0.25) is 5.91 Å². The first kappa shape index (κ1) is 16.7. The number of carbonyl (C=O) groups is 1. The number of halogens is 1. The molecule has 3 aromatic heterocycles. The second-order valence-electron chi connectivity index (χ2n) is 5.74. The Balaban J connectivity index is 1.73. The lowest BCUT2D eigenvalue weighted by molar-refractivity contribution is -0.118. The number of nitrogens with one attached hydrogen (secondary N) is 1. The molecule has 0 saturated heterocycles. The van der Waals surface area contributed by atoms with Crippen LogP contribution >= 0.6 is 22.9 Å². The normalized spacial score (nSPS) is 12.4. The van der Waals surface area contributed by atoms with Crippen molar-refractivity contribution in [3.63, 3.8) is 0 Å². The Morgan fingerprint density at radius 1 is 1.23 bits per heavy atom. The van der Waals surface area contributed by atoms with Gasteiger partial charge >= 0.3 is 0 Å². The van der Waals surface area contributed by atoms with E-state index in [0.29, 0.717) is 20.9 Å². The summed E-state index contributed by atoms with van der Waals surface area (Å²) in [5, 5.41) is 4.02. The Kier molecular flexibility index (Phi) is 4.18. The minimum Gasteiger partial charge on any atom is -0.323 e. The molecule has 1 aromatic carbocycles. The van der Waals surface area contributed by atoms with E-state index in [1.807, 2.05) is 6.07 Å². The number of anilines is 1. The van der Waals surface area contributed by atoms with Gasteiger partial charge in [0.15, 0.2) is 0 Å². The van der Waals surface area contributed by atoms with Gasteiger partial charge in [0.05, 0.1) is 22.6 Å². The van der Waals surface area contributed by atoms with Gasteiger partial charge in [-0.15, -0.1) is 11.3 Å². The van der Waals surface area contributed by atoms with E-state index in [0.717, 1.165) is 10.2 Å². The molecule has 1 amide bonds. The van der Waals surface area contributed by atoms with Crippen molar-refractivity contribution >= 4 is 55.0 Å². The Hall–Kier alpha value is -2.77. The zero-order valence-corrected chi connectivity index (χ0v) is 15.2. The van der Waals surface area contributed by atoms with Crippen molar-refractivity contribution in [2.24, 2.45) is 0 Å². The number of carbonyl (C=O) groups excluding carboxylic acids is 1. The molecule has 0 fully saturated rings. The molecule has 1 N–H and O–H groups in total. The number of aromatic nitrogens is 3. The fourth-order valence-electron chi connectivity index (χ4n) is 2.68. The number of amides is 1. The summed E-state index contributed by atoms with van der Waals surface area (Å²) < 4.78 is 1.81. The molecule has 4 rings (SSSR count). The minimum absolute atomic E-state index is 0.264. The highest BCUT2D eigenvalue weighted by Gasteiger charge is 2.20. The molecule has 0 aliphatic carbocycles. The summed E-state index contributed by atoms with van der Waals surface area (Å²) in [5.41, 5.74) is 0.844. The zero-order chi connectivity index (χ0) is 18.3. The van der Waals surface area contributed by atoms with Crippen molar-refractivity contribution < 1.29 is 4.79 Å². The van der Waals surface area contributed by atoms with Gasteiger partial charge in [-0.1, -0.05) is 23.7 Å². The van der Waals surface area contributed by atoms with Crippen molar-refractivity contribution in [3.05, 3.63) is 64.3 Å². The van der Waals surface area contributed by atoms with Crippen LogP contribution in [0.4, 0.5) is 5.69 Å². The Bertz CT molecular complexity index is 1200. The van der Waals surface area contributed by atoms with E-state index in [4.69, 9.17) is 11.6 Å². The molecule has 1 atom stereocenters. The largest absolute Gasteiger partial charge is 0.323 e. The van der Waals surface area contributed by atoms with Crippen molar-refractivity contribution in [3.8, 4) is 0 Å². The van der Waals surface area contributed by atoms with Crippen molar-refractivity contribution in [1.29, 1.82) is 0 Å². The maximum atomic E-state index is 12.9. The number of thiophene rings is 1. The van der Waals surface area contributed by atoms with Crippen molar-refractivity contribution in [2.75, 3.05) is 5.32 Å². The molecule has 0 aliphatic heterocycles. The van der Waals surface area contributed by atoms with E-state index in [1.54, 1.807) is 43.5 Å². The summed E-state index contributed by atoms with van der Waals surface area (Å²) in [6.07, 6.45) is 3.08. The SMILES string of the molecule is C[C@@H](C(=O)Nc1ccccc1Cl)n1cnc2c(sc3ncccc32)c1=O. The van der Waals surface area contributed by atoms with E-state index in [2.05, 4.69) is 15.3 Å². The van der Waals surface area contributed by atoms with Gasteiger partial charge in [-0.3, -0.25) is 14.2 Å². The lowest BCUT2D eigenvalue weighted by Crippen LogP contribution is -2.31. The standard InChI is InChI=1S/C18H13ClN4O2S/c1-10(16(24)22-13-7-3-2-6-12(13)19)23-9-21-14-11-5-4-8-20-17(11)26-15(14)18(23)25/h2-10H,1H3,(H,22,24)/t10-/m0/s1. The number of hydrogen-bond donors (Lipinski definition) is 1. The van der Waals surface area contributed by atoms with Crippen LogP contribution < -0.4 is 10.9 Å². The van der Waals surface area contributed by atoms with E-state index in [1.165, 1.54) is 22.2 Å². The van der Waals surface area contributed by atoms with Gasteiger partial charge in [0, 0.05) is 11.6 Å². The van der Waals surface area contributed by atoms with Gasteiger partial charge in [0.25, 0.3) is 5.56 Å². The predicted molar refractivity (Wildman–Crippen MR) is 104 cm³/mol. The van der Waals surface area contributed by atoms with Crippen LogP contribution in [0.15, 0.2) is 53.7 Å². The fraction of sp³-hybridized carbons (Fsp3) is 0.111. The monoisotopic (exact) mass is 384 g/mol. The van der Waals surface area contributed by atoms with Crippen LogP contribution in [-0.4, -0.2) is 20.4 Å². The number of para-hydroxylation sites is 1. The number of rotatable bonds is 3. The molecule has 0 radical (unpaired) electrons. The van der Waals surface area contributed by atoms with E-state index in [-0.39, 0.29) is 11.5 Å². The van der Waals surface area contributed by atoms with Crippen LogP contribution in [0.3, 0.4) is 0 Å². The molecule has 4 aromatic rings. The second kappa shape index (κ2) is 6.51. The van der Waals surface area contributed by atoms with Gasteiger partial charge < -0.3 is 5.32 Å².